The monoisotopic (exact) mass is 474 g/mol. The molecule has 35 heavy (non-hydrogen) atoms. The lowest BCUT2D eigenvalue weighted by molar-refractivity contribution is -0.160. The van der Waals surface area contributed by atoms with E-state index in [-0.39, 0.29) is 0 Å². The van der Waals surface area contributed by atoms with E-state index < -0.39 is 17.7 Å². The number of fused-ring (bicyclic) bond motifs is 1. The summed E-state index contributed by atoms with van der Waals surface area (Å²) in [6.07, 6.45) is -1.16. The SMILES string of the molecule is Cc1ccc(-c2nc(C)c(C(OC(C)(C)C)C(=O)O)c(-c3ccc4c(c3)NCCO4)c2C)cc1C. The van der Waals surface area contributed by atoms with Crippen molar-refractivity contribution in [2.24, 2.45) is 0 Å². The summed E-state index contributed by atoms with van der Waals surface area (Å²) in [5.41, 5.74) is 8.33. The van der Waals surface area contributed by atoms with Crippen LogP contribution in [-0.4, -0.2) is 34.8 Å². The van der Waals surface area contributed by atoms with E-state index >= 15 is 0 Å². The van der Waals surface area contributed by atoms with E-state index in [1.54, 1.807) is 0 Å². The summed E-state index contributed by atoms with van der Waals surface area (Å²) in [6.45, 7) is 15.0. The predicted molar refractivity (Wildman–Crippen MR) is 139 cm³/mol. The molecule has 1 aliphatic heterocycles. The number of carboxylic acids is 1. The number of carboxylic acid groups (broad SMARTS) is 1. The molecule has 3 aromatic rings. The predicted octanol–water partition coefficient (Wildman–Crippen LogP) is 6.39. The van der Waals surface area contributed by atoms with Crippen LogP contribution in [-0.2, 0) is 9.53 Å². The summed E-state index contributed by atoms with van der Waals surface area (Å²) in [6, 6.07) is 12.3. The summed E-state index contributed by atoms with van der Waals surface area (Å²) in [7, 11) is 0. The highest BCUT2D eigenvalue weighted by Gasteiger charge is 2.33. The maximum absolute atomic E-state index is 12.5. The number of anilines is 1. The molecule has 0 fully saturated rings. The van der Waals surface area contributed by atoms with Crippen molar-refractivity contribution in [3.05, 3.63) is 64.3 Å². The van der Waals surface area contributed by atoms with Crippen LogP contribution >= 0.6 is 0 Å². The average Bonchev–Trinajstić information content (AvgIpc) is 2.79. The van der Waals surface area contributed by atoms with Crippen LogP contribution in [0.3, 0.4) is 0 Å². The Morgan fingerprint density at radius 2 is 1.77 bits per heavy atom. The van der Waals surface area contributed by atoms with Crippen LogP contribution in [0.4, 0.5) is 5.69 Å². The third-order valence-corrected chi connectivity index (χ3v) is 6.35. The molecule has 2 heterocycles. The van der Waals surface area contributed by atoms with E-state index in [1.807, 2.05) is 52.8 Å². The first-order chi connectivity index (χ1) is 16.5. The van der Waals surface area contributed by atoms with Gasteiger partial charge in [0.05, 0.1) is 17.0 Å². The van der Waals surface area contributed by atoms with Crippen LogP contribution < -0.4 is 10.1 Å². The van der Waals surface area contributed by atoms with Gasteiger partial charge in [-0.05, 0) is 94.5 Å². The zero-order chi connectivity index (χ0) is 25.5. The molecular weight excluding hydrogens is 440 g/mol. The zero-order valence-electron chi connectivity index (χ0n) is 21.6. The molecule has 184 valence electrons. The van der Waals surface area contributed by atoms with Crippen LogP contribution in [0.2, 0.25) is 0 Å². The Hall–Kier alpha value is -3.38. The van der Waals surface area contributed by atoms with Gasteiger partial charge in [-0.15, -0.1) is 0 Å². The Balaban J connectivity index is 2.01. The minimum absolute atomic E-state index is 0.578. The van der Waals surface area contributed by atoms with Crippen molar-refractivity contribution in [1.29, 1.82) is 0 Å². The molecule has 6 nitrogen and oxygen atoms in total. The fourth-order valence-electron chi connectivity index (χ4n) is 4.56. The maximum Gasteiger partial charge on any atom is 0.337 e. The van der Waals surface area contributed by atoms with Gasteiger partial charge in [-0.25, -0.2) is 4.79 Å². The summed E-state index contributed by atoms with van der Waals surface area (Å²) in [5, 5.41) is 13.6. The second kappa shape index (κ2) is 9.34. The van der Waals surface area contributed by atoms with Gasteiger partial charge in [0.25, 0.3) is 0 Å². The number of ether oxygens (including phenoxy) is 2. The largest absolute Gasteiger partial charge is 0.490 e. The highest BCUT2D eigenvalue weighted by Crippen LogP contribution is 2.42. The molecule has 1 atom stereocenters. The number of aromatic nitrogens is 1. The highest BCUT2D eigenvalue weighted by atomic mass is 16.5. The lowest BCUT2D eigenvalue weighted by Gasteiger charge is -2.29. The van der Waals surface area contributed by atoms with Gasteiger partial charge in [0.1, 0.15) is 12.4 Å². The number of rotatable bonds is 5. The van der Waals surface area contributed by atoms with Crippen LogP contribution in [0.5, 0.6) is 5.75 Å². The minimum atomic E-state index is -1.16. The molecule has 1 aliphatic rings. The van der Waals surface area contributed by atoms with Crippen LogP contribution in [0, 0.1) is 27.7 Å². The number of aryl methyl sites for hydroxylation is 3. The molecule has 0 saturated carbocycles. The number of carbonyl (C=O) groups is 1. The molecule has 1 unspecified atom stereocenters. The molecule has 0 amide bonds. The fraction of sp³-hybridized carbons (Fsp3) is 0.379. The van der Waals surface area contributed by atoms with Crippen molar-refractivity contribution >= 4 is 11.7 Å². The lowest BCUT2D eigenvalue weighted by atomic mass is 9.88. The van der Waals surface area contributed by atoms with E-state index in [0.717, 1.165) is 45.9 Å². The first-order valence-electron chi connectivity index (χ1n) is 12.0. The lowest BCUT2D eigenvalue weighted by Crippen LogP contribution is -2.28. The topological polar surface area (TPSA) is 80.7 Å². The molecule has 0 aliphatic carbocycles. The Morgan fingerprint density at radius 1 is 1.06 bits per heavy atom. The molecule has 2 aromatic carbocycles. The molecule has 2 N–H and O–H groups in total. The van der Waals surface area contributed by atoms with Gasteiger partial charge in [0.2, 0.25) is 0 Å². The zero-order valence-corrected chi connectivity index (χ0v) is 21.6. The third-order valence-electron chi connectivity index (χ3n) is 6.35. The van der Waals surface area contributed by atoms with Crippen molar-refractivity contribution in [3.63, 3.8) is 0 Å². The van der Waals surface area contributed by atoms with Crippen molar-refractivity contribution in [2.75, 3.05) is 18.5 Å². The van der Waals surface area contributed by atoms with Crippen LogP contribution in [0.15, 0.2) is 36.4 Å². The van der Waals surface area contributed by atoms with Gasteiger partial charge >= 0.3 is 5.97 Å². The number of benzene rings is 2. The van der Waals surface area contributed by atoms with E-state index in [2.05, 4.69) is 37.4 Å². The number of pyridine rings is 1. The van der Waals surface area contributed by atoms with E-state index in [1.165, 1.54) is 11.1 Å². The summed E-state index contributed by atoms with van der Waals surface area (Å²) < 4.78 is 11.9. The van der Waals surface area contributed by atoms with Crippen molar-refractivity contribution in [2.45, 2.75) is 60.2 Å². The van der Waals surface area contributed by atoms with Gasteiger partial charge in [0.15, 0.2) is 6.10 Å². The van der Waals surface area contributed by atoms with Crippen LogP contribution in [0.25, 0.3) is 22.4 Å². The Bertz CT molecular complexity index is 1290. The number of hydrogen-bond acceptors (Lipinski definition) is 5. The first-order valence-corrected chi connectivity index (χ1v) is 12.0. The van der Waals surface area contributed by atoms with Gasteiger partial charge in [-0.3, -0.25) is 4.98 Å². The molecule has 6 heteroatoms. The van der Waals surface area contributed by atoms with Gasteiger partial charge in [-0.2, -0.15) is 0 Å². The third kappa shape index (κ3) is 5.03. The number of nitrogens with one attached hydrogen (secondary N) is 1. The Kier molecular flexibility index (Phi) is 6.60. The van der Waals surface area contributed by atoms with E-state index in [4.69, 9.17) is 14.5 Å². The summed E-state index contributed by atoms with van der Waals surface area (Å²) in [4.78, 5) is 17.4. The second-order valence-corrected chi connectivity index (χ2v) is 10.2. The average molecular weight is 475 g/mol. The Labute approximate surface area is 207 Å². The highest BCUT2D eigenvalue weighted by molar-refractivity contribution is 5.86. The molecule has 0 spiro atoms. The van der Waals surface area contributed by atoms with Crippen LogP contribution in [0.1, 0.15) is 54.8 Å². The summed E-state index contributed by atoms with van der Waals surface area (Å²) >= 11 is 0. The van der Waals surface area contributed by atoms with Crippen molar-refractivity contribution in [3.8, 4) is 28.1 Å². The molecular formula is C29H34N2O4. The number of aliphatic carboxylic acids is 1. The van der Waals surface area contributed by atoms with E-state index in [9.17, 15) is 9.90 Å². The Morgan fingerprint density at radius 3 is 2.43 bits per heavy atom. The van der Waals surface area contributed by atoms with Gasteiger partial charge in [-0.1, -0.05) is 18.2 Å². The van der Waals surface area contributed by atoms with Gasteiger partial charge in [0, 0.05) is 23.4 Å². The van der Waals surface area contributed by atoms with Gasteiger partial charge < -0.3 is 19.9 Å². The second-order valence-electron chi connectivity index (χ2n) is 10.2. The smallest absolute Gasteiger partial charge is 0.337 e. The summed E-state index contributed by atoms with van der Waals surface area (Å²) in [5.74, 6) is -0.246. The molecule has 0 bridgehead atoms. The molecule has 0 saturated heterocycles. The van der Waals surface area contributed by atoms with Crippen molar-refractivity contribution < 1.29 is 19.4 Å². The normalized spacial score (nSPS) is 14.0. The van der Waals surface area contributed by atoms with E-state index in [0.29, 0.717) is 17.9 Å². The minimum Gasteiger partial charge on any atom is -0.490 e. The fourth-order valence-corrected chi connectivity index (χ4v) is 4.56. The quantitative estimate of drug-likeness (QED) is 0.446. The number of hydrogen-bond donors (Lipinski definition) is 2. The molecule has 1 aromatic heterocycles. The molecule has 4 rings (SSSR count). The maximum atomic E-state index is 12.5. The van der Waals surface area contributed by atoms with Crippen molar-refractivity contribution in [1.82, 2.24) is 4.98 Å². The standard InChI is InChI=1S/C29H34N2O4/c1-16-8-9-21(14-17(16)2)26-18(3)24(20-10-11-23-22(15-20)30-12-13-34-23)25(19(4)31-26)27(28(32)33)35-29(5,6)7/h8-11,14-15,27,30H,12-13H2,1-7H3,(H,32,33). The first kappa shape index (κ1) is 24.7. The molecule has 0 radical (unpaired) electrons. The number of nitrogens with zero attached hydrogens (tertiary/aromatic N) is 1.